The van der Waals surface area contributed by atoms with Crippen LogP contribution in [0.1, 0.15) is 0 Å². The molecular weight excluding hydrogens is 417 g/mol. The van der Waals surface area contributed by atoms with Gasteiger partial charge < -0.3 is 5.11 Å². The topological polar surface area (TPSA) is 123 Å². The second-order valence-corrected chi connectivity index (χ2v) is 5.64. The highest BCUT2D eigenvalue weighted by molar-refractivity contribution is 14.1. The van der Waals surface area contributed by atoms with Gasteiger partial charge in [-0.1, -0.05) is 6.07 Å². The summed E-state index contributed by atoms with van der Waals surface area (Å²) in [5.74, 6) is 0.163. The smallest absolute Gasteiger partial charge is 0.410 e. The summed E-state index contributed by atoms with van der Waals surface area (Å²) in [5, 5.41) is 22.6. The molecule has 0 aliphatic rings. The number of hydrogen-bond acceptors (Lipinski definition) is 5. The Balaban J connectivity index is 2.22. The van der Waals surface area contributed by atoms with Crippen molar-refractivity contribution in [3.05, 3.63) is 50.5 Å². The molecule has 116 valence electrons. The van der Waals surface area contributed by atoms with Crippen LogP contribution >= 0.6 is 22.6 Å². The number of amides is 1. The summed E-state index contributed by atoms with van der Waals surface area (Å²) >= 11 is 2.03. The van der Waals surface area contributed by atoms with E-state index >= 15 is 0 Å². The third kappa shape index (κ3) is 2.79. The molecule has 0 bridgehead atoms. The third-order valence-electron chi connectivity index (χ3n) is 3.08. The van der Waals surface area contributed by atoms with E-state index < -0.39 is 11.0 Å². The Morgan fingerprint density at radius 2 is 2.17 bits per heavy atom. The van der Waals surface area contributed by atoms with Crippen LogP contribution in [0.3, 0.4) is 0 Å². The lowest BCUT2D eigenvalue weighted by Gasteiger charge is -2.05. The van der Waals surface area contributed by atoms with Crippen LogP contribution in [-0.4, -0.2) is 30.7 Å². The molecule has 9 nitrogen and oxygen atoms in total. The number of non-ortho nitro benzene ring substituents is 1. The summed E-state index contributed by atoms with van der Waals surface area (Å²) in [6.45, 7) is 0. The van der Waals surface area contributed by atoms with E-state index in [-0.39, 0.29) is 11.5 Å². The van der Waals surface area contributed by atoms with Crippen molar-refractivity contribution in [3.63, 3.8) is 0 Å². The first kappa shape index (κ1) is 15.1. The first-order valence-corrected chi connectivity index (χ1v) is 7.31. The molecule has 0 atom stereocenters. The molecular formula is C13H8IN5O4. The number of carbonyl (C=O) groups is 1. The number of nitro benzene ring substituents is 1. The van der Waals surface area contributed by atoms with Crippen molar-refractivity contribution in [1.29, 1.82) is 0 Å². The molecule has 1 amide bonds. The SMILES string of the molecule is O=C(O)Nc1ncnc2c1c(I)cn2-c1cccc([N+](=O)[O-])c1. The van der Waals surface area contributed by atoms with Gasteiger partial charge in [0.2, 0.25) is 0 Å². The molecule has 0 unspecified atom stereocenters. The summed E-state index contributed by atoms with van der Waals surface area (Å²) in [5.41, 5.74) is 0.957. The maximum atomic E-state index is 10.9. The van der Waals surface area contributed by atoms with Crippen molar-refractivity contribution in [1.82, 2.24) is 14.5 Å². The summed E-state index contributed by atoms with van der Waals surface area (Å²) < 4.78 is 2.37. The fourth-order valence-corrected chi connectivity index (χ4v) is 2.94. The van der Waals surface area contributed by atoms with Crippen molar-refractivity contribution in [2.45, 2.75) is 0 Å². The molecule has 0 radical (unpaired) electrons. The second-order valence-electron chi connectivity index (χ2n) is 4.48. The van der Waals surface area contributed by atoms with Gasteiger partial charge in [-0.25, -0.2) is 14.8 Å². The highest BCUT2D eigenvalue weighted by atomic mass is 127. The zero-order valence-corrected chi connectivity index (χ0v) is 13.5. The second kappa shape index (κ2) is 5.79. The highest BCUT2D eigenvalue weighted by Crippen LogP contribution is 2.30. The summed E-state index contributed by atoms with van der Waals surface area (Å²) in [6.07, 6.45) is 1.72. The van der Waals surface area contributed by atoms with Crippen LogP contribution in [0, 0.1) is 13.7 Å². The van der Waals surface area contributed by atoms with Gasteiger partial charge in [-0.15, -0.1) is 0 Å². The predicted molar refractivity (Wildman–Crippen MR) is 89.9 cm³/mol. The summed E-state index contributed by atoms with van der Waals surface area (Å²) in [7, 11) is 0. The molecule has 3 rings (SSSR count). The molecule has 0 fully saturated rings. The van der Waals surface area contributed by atoms with Gasteiger partial charge in [-0.3, -0.25) is 20.0 Å². The lowest BCUT2D eigenvalue weighted by atomic mass is 10.3. The van der Waals surface area contributed by atoms with E-state index in [9.17, 15) is 14.9 Å². The maximum absolute atomic E-state index is 10.9. The van der Waals surface area contributed by atoms with Crippen molar-refractivity contribution >= 4 is 51.2 Å². The quantitative estimate of drug-likeness (QED) is 0.378. The Labute approximate surface area is 142 Å². The van der Waals surface area contributed by atoms with Crippen LogP contribution in [0.5, 0.6) is 0 Å². The molecule has 2 aromatic heterocycles. The number of aromatic nitrogens is 3. The van der Waals surface area contributed by atoms with Crippen LogP contribution in [0.25, 0.3) is 16.7 Å². The molecule has 3 aromatic rings. The Morgan fingerprint density at radius 3 is 2.87 bits per heavy atom. The minimum absolute atomic E-state index is 0.0442. The lowest BCUT2D eigenvalue weighted by Crippen LogP contribution is -2.09. The highest BCUT2D eigenvalue weighted by Gasteiger charge is 2.17. The zero-order valence-electron chi connectivity index (χ0n) is 11.3. The Kier molecular flexibility index (Phi) is 3.82. The van der Waals surface area contributed by atoms with Crippen LogP contribution in [0.2, 0.25) is 0 Å². The maximum Gasteiger partial charge on any atom is 0.410 e. The minimum atomic E-state index is -1.23. The molecule has 2 N–H and O–H groups in total. The standard InChI is InChI=1S/C13H8IN5O4/c14-9-5-18(7-2-1-3-8(4-7)19(22)23)12-10(9)11(15-6-16-12)17-13(20)21/h1-6H,(H,20,21)(H,15,16,17). The number of fused-ring (bicyclic) bond motifs is 1. The number of halogens is 1. The van der Waals surface area contributed by atoms with Gasteiger partial charge in [0.05, 0.1) is 16.0 Å². The minimum Gasteiger partial charge on any atom is -0.465 e. The average molecular weight is 425 g/mol. The van der Waals surface area contributed by atoms with Gasteiger partial charge in [-0.05, 0) is 28.7 Å². The van der Waals surface area contributed by atoms with Gasteiger partial charge in [0.25, 0.3) is 5.69 Å². The van der Waals surface area contributed by atoms with Crippen molar-refractivity contribution in [2.75, 3.05) is 5.32 Å². The van der Waals surface area contributed by atoms with Gasteiger partial charge >= 0.3 is 6.09 Å². The first-order valence-electron chi connectivity index (χ1n) is 6.23. The van der Waals surface area contributed by atoms with Crippen molar-refractivity contribution in [2.24, 2.45) is 0 Å². The fourth-order valence-electron chi connectivity index (χ4n) is 2.17. The van der Waals surface area contributed by atoms with Crippen LogP contribution < -0.4 is 5.32 Å². The van der Waals surface area contributed by atoms with E-state index in [4.69, 9.17) is 5.11 Å². The fraction of sp³-hybridized carbons (Fsp3) is 0. The van der Waals surface area contributed by atoms with Gasteiger partial charge in [0, 0.05) is 21.9 Å². The lowest BCUT2D eigenvalue weighted by molar-refractivity contribution is -0.384. The Bertz CT molecular complexity index is 939. The Morgan fingerprint density at radius 1 is 1.39 bits per heavy atom. The zero-order chi connectivity index (χ0) is 16.6. The number of nitro groups is 1. The summed E-state index contributed by atoms with van der Waals surface area (Å²) in [6, 6.07) is 6.09. The van der Waals surface area contributed by atoms with Crippen molar-refractivity contribution < 1.29 is 14.8 Å². The molecule has 2 heterocycles. The molecule has 0 spiro atoms. The normalized spacial score (nSPS) is 10.7. The first-order chi connectivity index (χ1) is 11.0. The number of nitrogens with one attached hydrogen (secondary N) is 1. The Hall–Kier alpha value is -2.76. The number of nitrogens with zero attached hydrogens (tertiary/aromatic N) is 4. The average Bonchev–Trinajstić information content (AvgIpc) is 2.85. The van der Waals surface area contributed by atoms with E-state index in [1.807, 2.05) is 22.6 Å². The number of carboxylic acid groups (broad SMARTS) is 1. The molecule has 1 aromatic carbocycles. The third-order valence-corrected chi connectivity index (χ3v) is 3.90. The van der Waals surface area contributed by atoms with Crippen LogP contribution in [0.15, 0.2) is 36.8 Å². The van der Waals surface area contributed by atoms with Crippen molar-refractivity contribution in [3.8, 4) is 5.69 Å². The van der Waals surface area contributed by atoms with E-state index in [2.05, 4.69) is 15.3 Å². The predicted octanol–water partition coefficient (Wildman–Crippen LogP) is 3.02. The van der Waals surface area contributed by atoms with Crippen LogP contribution in [-0.2, 0) is 0 Å². The van der Waals surface area contributed by atoms with E-state index in [1.165, 1.54) is 18.5 Å². The van der Waals surface area contributed by atoms with Gasteiger partial charge in [0.1, 0.15) is 12.1 Å². The summed E-state index contributed by atoms with van der Waals surface area (Å²) in [4.78, 5) is 29.4. The molecule has 0 aliphatic heterocycles. The van der Waals surface area contributed by atoms with E-state index in [0.29, 0.717) is 20.3 Å². The van der Waals surface area contributed by atoms with E-state index in [1.54, 1.807) is 22.9 Å². The molecule has 0 aliphatic carbocycles. The van der Waals surface area contributed by atoms with Gasteiger partial charge in [-0.2, -0.15) is 0 Å². The number of rotatable bonds is 3. The van der Waals surface area contributed by atoms with Crippen LogP contribution in [0.4, 0.5) is 16.3 Å². The number of anilines is 1. The molecule has 0 saturated heterocycles. The van der Waals surface area contributed by atoms with Gasteiger partial charge in [0.15, 0.2) is 5.65 Å². The largest absolute Gasteiger partial charge is 0.465 e. The number of benzene rings is 1. The number of hydrogen-bond donors (Lipinski definition) is 2. The molecule has 0 saturated carbocycles. The molecule has 10 heteroatoms. The monoisotopic (exact) mass is 425 g/mol. The van der Waals surface area contributed by atoms with E-state index in [0.717, 1.165) is 0 Å². The molecule has 23 heavy (non-hydrogen) atoms.